The van der Waals surface area contributed by atoms with E-state index in [0.717, 1.165) is 19.4 Å². The minimum Gasteiger partial charge on any atom is -0.383 e. The summed E-state index contributed by atoms with van der Waals surface area (Å²) in [6.07, 6.45) is 4.98. The Morgan fingerprint density at radius 1 is 1.38 bits per heavy atom. The number of aromatic nitrogens is 1. The molecule has 0 radical (unpaired) electrons. The van der Waals surface area contributed by atoms with E-state index in [2.05, 4.69) is 22.5 Å². The summed E-state index contributed by atoms with van der Waals surface area (Å²) in [5.41, 5.74) is 6.33. The predicted molar refractivity (Wildman–Crippen MR) is 83.0 cm³/mol. The van der Waals surface area contributed by atoms with Crippen LogP contribution in [0, 0.1) is 5.92 Å². The van der Waals surface area contributed by atoms with Crippen LogP contribution in [0.25, 0.3) is 0 Å². The third kappa shape index (κ3) is 1.67. The fourth-order valence-electron chi connectivity index (χ4n) is 3.85. The Balaban J connectivity index is 1.75. The first kappa shape index (κ1) is 12.8. The number of thiophene rings is 1. The van der Waals surface area contributed by atoms with E-state index >= 15 is 0 Å². The molecule has 2 aromatic rings. The standard InChI is InChI=1S/C16H17N3OS/c17-14-12(3-1-8-18-14)15(20)19-9-6-11-5-7-16(11,19)13-4-2-10-21-13/h1-4,8,10-11H,5-7,9H2,(H2,17,18). The number of anilines is 1. The normalized spacial score (nSPS) is 27.2. The van der Waals surface area contributed by atoms with Crippen molar-refractivity contribution in [1.82, 2.24) is 9.88 Å². The fraction of sp³-hybridized carbons (Fsp3) is 0.375. The lowest BCUT2D eigenvalue weighted by atomic mass is 9.66. The Morgan fingerprint density at radius 3 is 2.95 bits per heavy atom. The number of nitrogens with zero attached hydrogens (tertiary/aromatic N) is 2. The van der Waals surface area contributed by atoms with Gasteiger partial charge in [0.05, 0.1) is 11.1 Å². The van der Waals surface area contributed by atoms with Crippen molar-refractivity contribution in [1.29, 1.82) is 0 Å². The monoisotopic (exact) mass is 299 g/mol. The molecule has 3 heterocycles. The number of amides is 1. The third-order valence-electron chi connectivity index (χ3n) is 4.99. The van der Waals surface area contributed by atoms with Gasteiger partial charge in [-0.3, -0.25) is 4.79 Å². The number of hydrogen-bond donors (Lipinski definition) is 1. The zero-order valence-corrected chi connectivity index (χ0v) is 12.5. The molecule has 0 spiro atoms. The van der Waals surface area contributed by atoms with E-state index in [1.54, 1.807) is 29.7 Å². The molecule has 4 rings (SSSR count). The molecule has 0 aromatic carbocycles. The van der Waals surface area contributed by atoms with Crippen LogP contribution in [-0.2, 0) is 5.54 Å². The molecule has 4 nitrogen and oxygen atoms in total. The Bertz CT molecular complexity index is 685. The first-order valence-electron chi connectivity index (χ1n) is 7.30. The van der Waals surface area contributed by atoms with Gasteiger partial charge >= 0.3 is 0 Å². The molecular formula is C16H17N3OS. The number of nitrogens with two attached hydrogens (primary N) is 1. The van der Waals surface area contributed by atoms with Crippen molar-refractivity contribution in [2.75, 3.05) is 12.3 Å². The van der Waals surface area contributed by atoms with Crippen LogP contribution in [0.1, 0.15) is 34.5 Å². The van der Waals surface area contributed by atoms with Crippen LogP contribution in [-0.4, -0.2) is 22.3 Å². The molecule has 2 N–H and O–H groups in total. The maximum atomic E-state index is 13.0. The van der Waals surface area contributed by atoms with Crippen molar-refractivity contribution in [2.45, 2.75) is 24.8 Å². The Kier molecular flexibility index (Phi) is 2.79. The van der Waals surface area contributed by atoms with Crippen LogP contribution in [0.2, 0.25) is 0 Å². The summed E-state index contributed by atoms with van der Waals surface area (Å²) >= 11 is 1.75. The summed E-state index contributed by atoms with van der Waals surface area (Å²) < 4.78 is 0. The molecule has 2 atom stereocenters. The molecule has 2 aromatic heterocycles. The molecule has 2 unspecified atom stereocenters. The van der Waals surface area contributed by atoms with E-state index in [4.69, 9.17) is 5.73 Å². The SMILES string of the molecule is Nc1ncccc1C(=O)N1CCC2CCC21c1cccs1. The molecule has 21 heavy (non-hydrogen) atoms. The van der Waals surface area contributed by atoms with Crippen molar-refractivity contribution in [3.8, 4) is 0 Å². The van der Waals surface area contributed by atoms with E-state index in [9.17, 15) is 4.79 Å². The molecule has 2 fully saturated rings. The van der Waals surface area contributed by atoms with E-state index in [1.807, 2.05) is 4.90 Å². The predicted octanol–water partition coefficient (Wildman–Crippen LogP) is 2.88. The lowest BCUT2D eigenvalue weighted by Crippen LogP contribution is -2.53. The first-order valence-corrected chi connectivity index (χ1v) is 8.18. The summed E-state index contributed by atoms with van der Waals surface area (Å²) in [7, 11) is 0. The van der Waals surface area contributed by atoms with Gasteiger partial charge in [0.25, 0.3) is 5.91 Å². The minimum atomic E-state index is -0.0898. The van der Waals surface area contributed by atoms with Crippen molar-refractivity contribution >= 4 is 23.1 Å². The Labute approximate surface area is 127 Å². The van der Waals surface area contributed by atoms with Crippen LogP contribution in [0.5, 0.6) is 0 Å². The molecule has 1 aliphatic carbocycles. The number of nitrogen functional groups attached to an aromatic ring is 1. The van der Waals surface area contributed by atoms with Crippen molar-refractivity contribution in [3.63, 3.8) is 0 Å². The lowest BCUT2D eigenvalue weighted by molar-refractivity contribution is 0.0167. The topological polar surface area (TPSA) is 59.2 Å². The van der Waals surface area contributed by atoms with Gasteiger partial charge in [-0.25, -0.2) is 4.98 Å². The second-order valence-electron chi connectivity index (χ2n) is 5.82. The number of rotatable bonds is 2. The highest BCUT2D eigenvalue weighted by Gasteiger charge is 2.58. The van der Waals surface area contributed by atoms with Gasteiger partial charge in [-0.15, -0.1) is 11.3 Å². The molecule has 1 aliphatic heterocycles. The summed E-state index contributed by atoms with van der Waals surface area (Å²) in [5.74, 6) is 0.945. The average molecular weight is 299 g/mol. The average Bonchev–Trinajstić information content (AvgIpc) is 3.06. The fourth-order valence-corrected chi connectivity index (χ4v) is 4.90. The number of likely N-dealkylation sites (tertiary alicyclic amines) is 1. The number of pyridine rings is 1. The zero-order chi connectivity index (χ0) is 14.4. The second-order valence-corrected chi connectivity index (χ2v) is 6.77. The maximum Gasteiger partial charge on any atom is 0.258 e. The van der Waals surface area contributed by atoms with E-state index in [1.165, 1.54) is 11.3 Å². The van der Waals surface area contributed by atoms with Gasteiger partial charge in [-0.05, 0) is 48.8 Å². The number of carbonyl (C=O) groups excluding carboxylic acids is 1. The first-order chi connectivity index (χ1) is 10.2. The summed E-state index contributed by atoms with van der Waals surface area (Å²) in [6.45, 7) is 0.815. The lowest BCUT2D eigenvalue weighted by Gasteiger charge is -2.49. The van der Waals surface area contributed by atoms with Gasteiger partial charge in [0.2, 0.25) is 0 Å². The van der Waals surface area contributed by atoms with E-state index < -0.39 is 0 Å². The number of carbonyl (C=O) groups is 1. The van der Waals surface area contributed by atoms with Crippen molar-refractivity contribution < 1.29 is 4.79 Å². The highest BCUT2D eigenvalue weighted by atomic mass is 32.1. The van der Waals surface area contributed by atoms with Crippen molar-refractivity contribution in [2.24, 2.45) is 5.92 Å². The second kappa shape index (κ2) is 4.56. The molecular weight excluding hydrogens is 282 g/mol. The number of hydrogen-bond acceptors (Lipinski definition) is 4. The van der Waals surface area contributed by atoms with Crippen LogP contribution in [0.3, 0.4) is 0 Å². The summed E-state index contributed by atoms with van der Waals surface area (Å²) in [6, 6.07) is 7.78. The van der Waals surface area contributed by atoms with Crippen LogP contribution < -0.4 is 5.73 Å². The van der Waals surface area contributed by atoms with Crippen LogP contribution in [0.4, 0.5) is 5.82 Å². The molecule has 108 valence electrons. The van der Waals surface area contributed by atoms with Crippen molar-refractivity contribution in [3.05, 3.63) is 46.3 Å². The van der Waals surface area contributed by atoms with Gasteiger partial charge in [0.15, 0.2) is 0 Å². The van der Waals surface area contributed by atoms with Gasteiger partial charge in [-0.2, -0.15) is 0 Å². The smallest absolute Gasteiger partial charge is 0.258 e. The quantitative estimate of drug-likeness (QED) is 0.927. The highest BCUT2D eigenvalue weighted by molar-refractivity contribution is 7.10. The Morgan fingerprint density at radius 2 is 2.29 bits per heavy atom. The minimum absolute atomic E-state index is 0.0243. The largest absolute Gasteiger partial charge is 0.383 e. The Hall–Kier alpha value is -1.88. The van der Waals surface area contributed by atoms with E-state index in [0.29, 0.717) is 17.3 Å². The highest BCUT2D eigenvalue weighted by Crippen LogP contribution is 2.58. The van der Waals surface area contributed by atoms with Gasteiger partial charge in [-0.1, -0.05) is 6.07 Å². The van der Waals surface area contributed by atoms with Gasteiger partial charge in [0.1, 0.15) is 5.82 Å². The number of fused-ring (bicyclic) bond motifs is 1. The maximum absolute atomic E-state index is 13.0. The molecule has 0 bridgehead atoms. The molecule has 5 heteroatoms. The summed E-state index contributed by atoms with van der Waals surface area (Å²) in [5, 5.41) is 2.10. The van der Waals surface area contributed by atoms with Crippen LogP contribution in [0.15, 0.2) is 35.8 Å². The molecule has 1 saturated carbocycles. The molecule has 1 amide bonds. The van der Waals surface area contributed by atoms with Gasteiger partial charge < -0.3 is 10.6 Å². The van der Waals surface area contributed by atoms with E-state index in [-0.39, 0.29) is 11.4 Å². The molecule has 2 aliphatic rings. The zero-order valence-electron chi connectivity index (χ0n) is 11.7. The molecule has 1 saturated heterocycles. The van der Waals surface area contributed by atoms with Crippen LogP contribution >= 0.6 is 11.3 Å². The third-order valence-corrected chi connectivity index (χ3v) is 6.03. The van der Waals surface area contributed by atoms with Gasteiger partial charge in [0, 0.05) is 17.6 Å². The summed E-state index contributed by atoms with van der Waals surface area (Å²) in [4.78, 5) is 20.4.